The summed E-state index contributed by atoms with van der Waals surface area (Å²) >= 11 is 7.69. The number of Topliss-reactive ketones (excluding diaryl/α,β-unsaturated/α-hetero) is 1. The highest BCUT2D eigenvalue weighted by Gasteiger charge is 2.18. The molecule has 7 heteroatoms. The average molecular weight is 374 g/mol. The number of ketones is 1. The molecule has 3 rings (SSSR count). The molecule has 0 amide bonds. The Labute approximate surface area is 155 Å². The molecule has 3 aromatic rings. The minimum absolute atomic E-state index is 0.0774. The van der Waals surface area contributed by atoms with Crippen LogP contribution in [0.1, 0.15) is 6.92 Å². The first-order chi connectivity index (χ1) is 12.1. The molecular weight excluding hydrogens is 358 g/mol. The van der Waals surface area contributed by atoms with Crippen molar-refractivity contribution >= 4 is 29.1 Å². The molecule has 0 spiro atoms. The molecule has 5 nitrogen and oxygen atoms in total. The number of methoxy groups -OCH3 is 1. The molecule has 0 saturated heterocycles. The minimum Gasteiger partial charge on any atom is -0.497 e. The summed E-state index contributed by atoms with van der Waals surface area (Å²) in [7, 11) is 1.62. The van der Waals surface area contributed by atoms with Gasteiger partial charge in [-0.15, -0.1) is 10.2 Å². The van der Waals surface area contributed by atoms with Crippen LogP contribution < -0.4 is 4.74 Å². The van der Waals surface area contributed by atoms with Gasteiger partial charge in [-0.05, 0) is 43.3 Å². The lowest BCUT2D eigenvalue weighted by molar-refractivity contribution is -0.114. The van der Waals surface area contributed by atoms with E-state index < -0.39 is 0 Å². The van der Waals surface area contributed by atoms with Crippen molar-refractivity contribution in [1.82, 2.24) is 14.8 Å². The number of aromatic nitrogens is 3. The Balaban J connectivity index is 2.12. The summed E-state index contributed by atoms with van der Waals surface area (Å²) < 4.78 is 7.12. The predicted molar refractivity (Wildman–Crippen MR) is 99.8 cm³/mol. The number of carbonyl (C=O) groups excluding carboxylic acids is 1. The molecule has 0 radical (unpaired) electrons. The Morgan fingerprint density at radius 3 is 2.52 bits per heavy atom. The van der Waals surface area contributed by atoms with E-state index in [0.29, 0.717) is 21.8 Å². The van der Waals surface area contributed by atoms with Gasteiger partial charge in [0.15, 0.2) is 11.0 Å². The largest absolute Gasteiger partial charge is 0.497 e. The van der Waals surface area contributed by atoms with Gasteiger partial charge in [-0.1, -0.05) is 35.5 Å². The third-order valence-corrected chi connectivity index (χ3v) is 4.89. The van der Waals surface area contributed by atoms with Crippen LogP contribution in [0.15, 0.2) is 53.7 Å². The van der Waals surface area contributed by atoms with Gasteiger partial charge in [-0.3, -0.25) is 9.36 Å². The number of rotatable bonds is 6. The summed E-state index contributed by atoms with van der Waals surface area (Å²) in [6, 6.07) is 15.0. The second-order valence-corrected chi connectivity index (χ2v) is 6.66. The van der Waals surface area contributed by atoms with E-state index in [1.54, 1.807) is 14.0 Å². The van der Waals surface area contributed by atoms with Crippen molar-refractivity contribution < 1.29 is 9.53 Å². The van der Waals surface area contributed by atoms with Gasteiger partial charge in [0, 0.05) is 11.3 Å². The van der Waals surface area contributed by atoms with Crippen LogP contribution in [0, 0.1) is 0 Å². The van der Waals surface area contributed by atoms with Gasteiger partial charge in [0.1, 0.15) is 11.5 Å². The van der Waals surface area contributed by atoms with Gasteiger partial charge in [0.25, 0.3) is 0 Å². The Bertz CT molecular complexity index is 894. The number of ether oxygens (including phenoxy) is 1. The highest BCUT2D eigenvalue weighted by atomic mass is 35.5. The number of carbonyl (C=O) groups is 1. The van der Waals surface area contributed by atoms with E-state index in [-0.39, 0.29) is 5.78 Å². The zero-order chi connectivity index (χ0) is 17.8. The maximum absolute atomic E-state index is 11.4. The summed E-state index contributed by atoms with van der Waals surface area (Å²) in [4.78, 5) is 11.4. The first-order valence-corrected chi connectivity index (χ1v) is 8.93. The summed E-state index contributed by atoms with van der Waals surface area (Å²) in [6.07, 6.45) is 0. The van der Waals surface area contributed by atoms with Crippen molar-refractivity contribution in [3.8, 4) is 22.8 Å². The molecule has 0 bridgehead atoms. The molecule has 0 N–H and O–H groups in total. The average Bonchev–Trinajstić information content (AvgIpc) is 3.04. The SMILES string of the molecule is COc1ccc(-n2c(SCC(C)=O)nnc2-c2ccccc2Cl)cc1. The lowest BCUT2D eigenvalue weighted by Crippen LogP contribution is -2.02. The molecule has 0 atom stereocenters. The smallest absolute Gasteiger partial charge is 0.196 e. The number of nitrogens with zero attached hydrogens (tertiary/aromatic N) is 3. The van der Waals surface area contributed by atoms with Crippen LogP contribution in [0.2, 0.25) is 5.02 Å². The van der Waals surface area contributed by atoms with E-state index in [1.807, 2.05) is 53.1 Å². The van der Waals surface area contributed by atoms with Crippen molar-refractivity contribution in [2.45, 2.75) is 12.1 Å². The Hall–Kier alpha value is -2.31. The molecule has 1 heterocycles. The Morgan fingerprint density at radius 2 is 1.88 bits per heavy atom. The number of hydrogen-bond donors (Lipinski definition) is 0. The molecule has 0 aliphatic rings. The molecule has 25 heavy (non-hydrogen) atoms. The third kappa shape index (κ3) is 3.86. The quantitative estimate of drug-likeness (QED) is 0.604. The Kier molecular flexibility index (Phi) is 5.40. The normalized spacial score (nSPS) is 10.7. The van der Waals surface area contributed by atoms with E-state index in [9.17, 15) is 4.79 Å². The lowest BCUT2D eigenvalue weighted by Gasteiger charge is -2.11. The van der Waals surface area contributed by atoms with Crippen molar-refractivity contribution in [2.24, 2.45) is 0 Å². The lowest BCUT2D eigenvalue weighted by atomic mass is 10.2. The zero-order valence-corrected chi connectivity index (χ0v) is 15.3. The van der Waals surface area contributed by atoms with Gasteiger partial charge in [0.2, 0.25) is 0 Å². The fourth-order valence-corrected chi connectivity index (χ4v) is 3.28. The third-order valence-electron chi connectivity index (χ3n) is 3.48. The first kappa shape index (κ1) is 17.5. The Morgan fingerprint density at radius 1 is 1.16 bits per heavy atom. The molecule has 1 aromatic heterocycles. The number of thioether (sulfide) groups is 1. The summed E-state index contributed by atoms with van der Waals surface area (Å²) in [5.74, 6) is 1.79. The number of halogens is 1. The van der Waals surface area contributed by atoms with E-state index in [2.05, 4.69) is 10.2 Å². The van der Waals surface area contributed by atoms with E-state index in [0.717, 1.165) is 17.0 Å². The van der Waals surface area contributed by atoms with Crippen LogP contribution in [0.4, 0.5) is 0 Å². The van der Waals surface area contributed by atoms with E-state index in [4.69, 9.17) is 16.3 Å². The maximum Gasteiger partial charge on any atom is 0.196 e. The van der Waals surface area contributed by atoms with Crippen LogP contribution in [0.25, 0.3) is 17.1 Å². The molecule has 0 aliphatic heterocycles. The van der Waals surface area contributed by atoms with Gasteiger partial charge in [-0.25, -0.2) is 0 Å². The van der Waals surface area contributed by atoms with Crippen molar-refractivity contribution in [2.75, 3.05) is 12.9 Å². The highest BCUT2D eigenvalue weighted by Crippen LogP contribution is 2.32. The number of hydrogen-bond acceptors (Lipinski definition) is 5. The first-order valence-electron chi connectivity index (χ1n) is 7.57. The molecule has 0 fully saturated rings. The monoisotopic (exact) mass is 373 g/mol. The van der Waals surface area contributed by atoms with Gasteiger partial charge in [0.05, 0.1) is 17.9 Å². The van der Waals surface area contributed by atoms with Crippen LogP contribution in [-0.4, -0.2) is 33.4 Å². The number of benzene rings is 2. The van der Waals surface area contributed by atoms with Gasteiger partial charge < -0.3 is 4.74 Å². The van der Waals surface area contributed by atoms with E-state index in [1.165, 1.54) is 11.8 Å². The predicted octanol–water partition coefficient (Wildman–Crippen LogP) is 4.28. The van der Waals surface area contributed by atoms with Crippen LogP contribution in [-0.2, 0) is 4.79 Å². The maximum atomic E-state index is 11.4. The standard InChI is InChI=1S/C18H16ClN3O2S/c1-12(23)11-25-18-21-20-17(15-5-3-4-6-16(15)19)22(18)13-7-9-14(24-2)10-8-13/h3-10H,11H2,1-2H3. The fourth-order valence-electron chi connectivity index (χ4n) is 2.31. The van der Waals surface area contributed by atoms with Crippen molar-refractivity contribution in [1.29, 1.82) is 0 Å². The molecular formula is C18H16ClN3O2S. The summed E-state index contributed by atoms with van der Waals surface area (Å²) in [5.41, 5.74) is 1.65. The van der Waals surface area contributed by atoms with Crippen molar-refractivity contribution in [3.05, 3.63) is 53.6 Å². The van der Waals surface area contributed by atoms with Gasteiger partial charge >= 0.3 is 0 Å². The molecule has 0 unspecified atom stereocenters. The molecule has 0 aliphatic carbocycles. The second-order valence-electron chi connectivity index (χ2n) is 5.31. The van der Waals surface area contributed by atoms with Gasteiger partial charge in [-0.2, -0.15) is 0 Å². The summed E-state index contributed by atoms with van der Waals surface area (Å²) in [6.45, 7) is 1.55. The van der Waals surface area contributed by atoms with Crippen LogP contribution in [0.5, 0.6) is 5.75 Å². The highest BCUT2D eigenvalue weighted by molar-refractivity contribution is 7.99. The van der Waals surface area contributed by atoms with Crippen LogP contribution in [0.3, 0.4) is 0 Å². The molecule has 128 valence electrons. The van der Waals surface area contributed by atoms with Crippen molar-refractivity contribution in [3.63, 3.8) is 0 Å². The zero-order valence-electron chi connectivity index (χ0n) is 13.8. The topological polar surface area (TPSA) is 57.0 Å². The fraction of sp³-hybridized carbons (Fsp3) is 0.167. The molecule has 2 aromatic carbocycles. The summed E-state index contributed by atoms with van der Waals surface area (Å²) in [5, 5.41) is 9.79. The van der Waals surface area contributed by atoms with Crippen LogP contribution >= 0.6 is 23.4 Å². The van der Waals surface area contributed by atoms with E-state index >= 15 is 0 Å². The minimum atomic E-state index is 0.0774. The molecule has 0 saturated carbocycles. The second kappa shape index (κ2) is 7.72.